The standard InChI is InChI=1S/C15H32N2O/c1-6-8-16-14(15(2,3)4)11-17-9-7-13(10-17)12-18-5/h13-14,16H,6-12H2,1-5H3. The lowest BCUT2D eigenvalue weighted by Gasteiger charge is -2.35. The van der Waals surface area contributed by atoms with Gasteiger partial charge in [0.1, 0.15) is 0 Å². The van der Waals surface area contributed by atoms with Crippen molar-refractivity contribution in [3.8, 4) is 0 Å². The fourth-order valence-corrected chi connectivity index (χ4v) is 2.67. The first-order valence-electron chi connectivity index (χ1n) is 7.42. The van der Waals surface area contributed by atoms with Crippen LogP contribution in [0, 0.1) is 11.3 Å². The van der Waals surface area contributed by atoms with Gasteiger partial charge >= 0.3 is 0 Å². The monoisotopic (exact) mass is 256 g/mol. The third-order valence-electron chi connectivity index (χ3n) is 3.90. The van der Waals surface area contributed by atoms with Gasteiger partial charge in [-0.1, -0.05) is 27.7 Å². The van der Waals surface area contributed by atoms with Crippen molar-refractivity contribution < 1.29 is 4.74 Å². The van der Waals surface area contributed by atoms with E-state index in [-0.39, 0.29) is 0 Å². The lowest BCUT2D eigenvalue weighted by molar-refractivity contribution is 0.146. The number of nitrogens with zero attached hydrogens (tertiary/aromatic N) is 1. The lowest BCUT2D eigenvalue weighted by atomic mass is 9.86. The van der Waals surface area contributed by atoms with E-state index in [0.29, 0.717) is 11.5 Å². The van der Waals surface area contributed by atoms with Crippen molar-refractivity contribution >= 4 is 0 Å². The first-order chi connectivity index (χ1) is 8.47. The minimum atomic E-state index is 0.328. The van der Waals surface area contributed by atoms with Crippen LogP contribution < -0.4 is 5.32 Å². The van der Waals surface area contributed by atoms with Crippen molar-refractivity contribution in [3.05, 3.63) is 0 Å². The van der Waals surface area contributed by atoms with Crippen molar-refractivity contribution in [1.29, 1.82) is 0 Å². The second kappa shape index (κ2) is 7.46. The Labute approximate surface area is 113 Å². The SMILES string of the molecule is CCCNC(CN1CCC(COC)C1)C(C)(C)C. The molecule has 0 spiro atoms. The summed E-state index contributed by atoms with van der Waals surface area (Å²) in [6.07, 6.45) is 2.50. The summed E-state index contributed by atoms with van der Waals surface area (Å²) in [6, 6.07) is 0.582. The number of ether oxygens (including phenoxy) is 1. The number of rotatable bonds is 7. The van der Waals surface area contributed by atoms with Gasteiger partial charge in [-0.15, -0.1) is 0 Å². The number of methoxy groups -OCH3 is 1. The van der Waals surface area contributed by atoms with E-state index in [1.165, 1.54) is 32.5 Å². The van der Waals surface area contributed by atoms with Gasteiger partial charge in [-0.05, 0) is 37.3 Å². The number of hydrogen-bond donors (Lipinski definition) is 1. The van der Waals surface area contributed by atoms with Gasteiger partial charge in [-0.25, -0.2) is 0 Å². The summed E-state index contributed by atoms with van der Waals surface area (Å²) in [5, 5.41) is 3.71. The Bertz CT molecular complexity index is 225. The number of hydrogen-bond acceptors (Lipinski definition) is 3. The van der Waals surface area contributed by atoms with E-state index in [2.05, 4.69) is 37.9 Å². The molecule has 1 N–H and O–H groups in total. The molecule has 1 aliphatic rings. The Morgan fingerprint density at radius 1 is 1.39 bits per heavy atom. The van der Waals surface area contributed by atoms with E-state index in [0.717, 1.165) is 19.1 Å². The molecule has 1 fully saturated rings. The summed E-state index contributed by atoms with van der Waals surface area (Å²) >= 11 is 0. The Balaban J connectivity index is 2.41. The molecular formula is C15H32N2O. The van der Waals surface area contributed by atoms with Gasteiger partial charge in [0.25, 0.3) is 0 Å². The van der Waals surface area contributed by atoms with Crippen molar-refractivity contribution in [2.24, 2.45) is 11.3 Å². The molecule has 2 unspecified atom stereocenters. The molecule has 3 heteroatoms. The van der Waals surface area contributed by atoms with Crippen molar-refractivity contribution in [3.63, 3.8) is 0 Å². The van der Waals surface area contributed by atoms with Crippen molar-refractivity contribution in [2.45, 2.75) is 46.6 Å². The van der Waals surface area contributed by atoms with Crippen LogP contribution in [-0.2, 0) is 4.74 Å². The van der Waals surface area contributed by atoms with Gasteiger partial charge in [-0.3, -0.25) is 0 Å². The Kier molecular flexibility index (Phi) is 6.61. The first kappa shape index (κ1) is 15.9. The van der Waals surface area contributed by atoms with E-state index in [9.17, 15) is 0 Å². The van der Waals surface area contributed by atoms with Crippen LogP contribution in [0.3, 0.4) is 0 Å². The molecule has 18 heavy (non-hydrogen) atoms. The second-order valence-corrected chi connectivity index (χ2v) is 6.74. The Morgan fingerprint density at radius 2 is 2.11 bits per heavy atom. The summed E-state index contributed by atoms with van der Waals surface area (Å²) in [7, 11) is 1.81. The van der Waals surface area contributed by atoms with Crippen LogP contribution >= 0.6 is 0 Å². The minimum absolute atomic E-state index is 0.328. The second-order valence-electron chi connectivity index (χ2n) is 6.74. The zero-order chi connectivity index (χ0) is 13.6. The van der Waals surface area contributed by atoms with Crippen molar-refractivity contribution in [2.75, 3.05) is 39.9 Å². The summed E-state index contributed by atoms with van der Waals surface area (Å²) in [5.74, 6) is 0.738. The fraction of sp³-hybridized carbons (Fsp3) is 1.00. The zero-order valence-corrected chi connectivity index (χ0v) is 13.0. The summed E-state index contributed by atoms with van der Waals surface area (Å²) in [4.78, 5) is 2.60. The van der Waals surface area contributed by atoms with E-state index < -0.39 is 0 Å². The maximum absolute atomic E-state index is 5.27. The molecule has 0 radical (unpaired) electrons. The average Bonchev–Trinajstić information content (AvgIpc) is 2.71. The minimum Gasteiger partial charge on any atom is -0.384 e. The van der Waals surface area contributed by atoms with E-state index in [1.54, 1.807) is 0 Å². The quantitative estimate of drug-likeness (QED) is 0.757. The number of likely N-dealkylation sites (tertiary alicyclic amines) is 1. The summed E-state index contributed by atoms with van der Waals surface area (Å²) < 4.78 is 5.27. The fourth-order valence-electron chi connectivity index (χ4n) is 2.67. The topological polar surface area (TPSA) is 24.5 Å². The normalized spacial score (nSPS) is 23.5. The van der Waals surface area contributed by atoms with Gasteiger partial charge in [-0.2, -0.15) is 0 Å². The third-order valence-corrected chi connectivity index (χ3v) is 3.90. The number of nitrogens with one attached hydrogen (secondary N) is 1. The van der Waals surface area contributed by atoms with Gasteiger partial charge in [0, 0.05) is 26.2 Å². The van der Waals surface area contributed by atoms with Crippen molar-refractivity contribution in [1.82, 2.24) is 10.2 Å². The molecule has 0 saturated carbocycles. The summed E-state index contributed by atoms with van der Waals surface area (Å²) in [5.41, 5.74) is 0.328. The Hall–Kier alpha value is -0.120. The van der Waals surface area contributed by atoms with Gasteiger partial charge < -0.3 is 15.0 Å². The molecule has 3 nitrogen and oxygen atoms in total. The van der Waals surface area contributed by atoms with Crippen LogP contribution in [0.4, 0.5) is 0 Å². The van der Waals surface area contributed by atoms with E-state index in [4.69, 9.17) is 4.74 Å². The first-order valence-corrected chi connectivity index (χ1v) is 7.42. The van der Waals surface area contributed by atoms with Crippen LogP contribution in [0.5, 0.6) is 0 Å². The Morgan fingerprint density at radius 3 is 2.67 bits per heavy atom. The summed E-state index contributed by atoms with van der Waals surface area (Å²) in [6.45, 7) is 14.9. The lowest BCUT2D eigenvalue weighted by Crippen LogP contribution is -2.48. The van der Waals surface area contributed by atoms with Crippen LogP contribution in [0.1, 0.15) is 40.5 Å². The molecular weight excluding hydrogens is 224 g/mol. The van der Waals surface area contributed by atoms with Crippen LogP contribution in [0.25, 0.3) is 0 Å². The van der Waals surface area contributed by atoms with Gasteiger partial charge in [0.05, 0.1) is 6.61 Å². The third kappa shape index (κ3) is 5.25. The molecule has 0 bridgehead atoms. The molecule has 0 aromatic rings. The smallest absolute Gasteiger partial charge is 0.0503 e. The molecule has 1 heterocycles. The maximum Gasteiger partial charge on any atom is 0.0503 e. The van der Waals surface area contributed by atoms with E-state index >= 15 is 0 Å². The van der Waals surface area contributed by atoms with Crippen LogP contribution in [0.15, 0.2) is 0 Å². The average molecular weight is 256 g/mol. The highest BCUT2D eigenvalue weighted by atomic mass is 16.5. The molecule has 0 aromatic heterocycles. The van der Waals surface area contributed by atoms with Gasteiger partial charge in [0.2, 0.25) is 0 Å². The molecule has 0 aliphatic carbocycles. The maximum atomic E-state index is 5.27. The van der Waals surface area contributed by atoms with Crippen LogP contribution in [0.2, 0.25) is 0 Å². The molecule has 1 saturated heterocycles. The zero-order valence-electron chi connectivity index (χ0n) is 13.0. The molecule has 1 rings (SSSR count). The molecule has 2 atom stereocenters. The van der Waals surface area contributed by atoms with Gasteiger partial charge in [0.15, 0.2) is 0 Å². The highest BCUT2D eigenvalue weighted by molar-refractivity contribution is 4.86. The molecule has 0 amide bonds. The molecule has 108 valence electrons. The largest absolute Gasteiger partial charge is 0.384 e. The van der Waals surface area contributed by atoms with E-state index in [1.807, 2.05) is 7.11 Å². The highest BCUT2D eigenvalue weighted by Crippen LogP contribution is 2.23. The predicted octanol–water partition coefficient (Wildman–Crippen LogP) is 2.37. The van der Waals surface area contributed by atoms with Crippen LogP contribution in [-0.4, -0.2) is 50.8 Å². The molecule has 1 aliphatic heterocycles. The highest BCUT2D eigenvalue weighted by Gasteiger charge is 2.29. The molecule has 0 aromatic carbocycles. The predicted molar refractivity (Wildman–Crippen MR) is 78.0 cm³/mol.